The van der Waals surface area contributed by atoms with Gasteiger partial charge in [-0.2, -0.15) is 0 Å². The Balaban J connectivity index is 2.10. The highest BCUT2D eigenvalue weighted by atomic mass is 79.9. The highest BCUT2D eigenvalue weighted by molar-refractivity contribution is 9.10. The lowest BCUT2D eigenvalue weighted by atomic mass is 10.0. The average Bonchev–Trinajstić information content (AvgIpc) is 2.97. The standard InChI is InChI=1S/C16H12BrF2N3OS/c1-2-24-22-12-4-3-11(18)13(14(12)19)15(23)10-7-21-16-9(10)5-8(17)6-20-16/h3-7,22H,2H2,1H3,(H,20,21). The molecule has 0 aliphatic carbocycles. The Morgan fingerprint density at radius 1 is 1.42 bits per heavy atom. The highest BCUT2D eigenvalue weighted by Crippen LogP contribution is 2.28. The first-order valence-corrected chi connectivity index (χ1v) is 8.84. The zero-order valence-corrected chi connectivity index (χ0v) is 14.9. The number of rotatable bonds is 5. The SMILES string of the molecule is CCSNc1ccc(F)c(C(=O)c2c[nH]c3ncc(Br)cc23)c1F. The van der Waals surface area contributed by atoms with Crippen LogP contribution in [0, 0.1) is 11.6 Å². The minimum Gasteiger partial charge on any atom is -0.345 e. The van der Waals surface area contributed by atoms with Crippen LogP contribution in [0.15, 0.2) is 35.1 Å². The first kappa shape index (κ1) is 16.9. The van der Waals surface area contributed by atoms with Gasteiger partial charge in [-0.05, 0) is 34.1 Å². The molecule has 0 saturated heterocycles. The van der Waals surface area contributed by atoms with E-state index in [2.05, 4.69) is 30.6 Å². The molecule has 1 aromatic carbocycles. The molecule has 124 valence electrons. The molecule has 0 atom stereocenters. The summed E-state index contributed by atoms with van der Waals surface area (Å²) in [6.07, 6.45) is 2.98. The summed E-state index contributed by atoms with van der Waals surface area (Å²) >= 11 is 4.53. The number of benzene rings is 1. The number of aromatic nitrogens is 2. The van der Waals surface area contributed by atoms with Gasteiger partial charge in [-0.15, -0.1) is 0 Å². The number of halogens is 3. The molecule has 0 bridgehead atoms. The van der Waals surface area contributed by atoms with E-state index in [4.69, 9.17) is 0 Å². The maximum absolute atomic E-state index is 14.6. The van der Waals surface area contributed by atoms with Gasteiger partial charge < -0.3 is 9.71 Å². The maximum Gasteiger partial charge on any atom is 0.201 e. The van der Waals surface area contributed by atoms with Crippen LogP contribution in [-0.2, 0) is 0 Å². The summed E-state index contributed by atoms with van der Waals surface area (Å²) in [5, 5.41) is 0.495. The van der Waals surface area contributed by atoms with E-state index in [1.54, 1.807) is 12.3 Å². The number of hydrogen-bond donors (Lipinski definition) is 2. The van der Waals surface area contributed by atoms with Crippen molar-refractivity contribution in [3.63, 3.8) is 0 Å². The van der Waals surface area contributed by atoms with E-state index in [9.17, 15) is 13.6 Å². The van der Waals surface area contributed by atoms with Crippen molar-refractivity contribution in [2.75, 3.05) is 10.5 Å². The quantitative estimate of drug-likeness (QED) is 0.462. The van der Waals surface area contributed by atoms with Crippen molar-refractivity contribution in [3.05, 3.63) is 57.8 Å². The van der Waals surface area contributed by atoms with Gasteiger partial charge in [0.1, 0.15) is 11.5 Å². The Hall–Kier alpha value is -1.93. The highest BCUT2D eigenvalue weighted by Gasteiger charge is 2.24. The van der Waals surface area contributed by atoms with E-state index >= 15 is 0 Å². The van der Waals surface area contributed by atoms with Crippen LogP contribution in [0.3, 0.4) is 0 Å². The largest absolute Gasteiger partial charge is 0.345 e. The molecule has 4 nitrogen and oxygen atoms in total. The fraction of sp³-hybridized carbons (Fsp3) is 0.125. The maximum atomic E-state index is 14.6. The topological polar surface area (TPSA) is 57.8 Å². The van der Waals surface area contributed by atoms with Crippen LogP contribution in [-0.4, -0.2) is 21.5 Å². The Morgan fingerprint density at radius 3 is 2.96 bits per heavy atom. The predicted molar refractivity (Wildman–Crippen MR) is 95.3 cm³/mol. The summed E-state index contributed by atoms with van der Waals surface area (Å²) in [6, 6.07) is 4.03. The van der Waals surface area contributed by atoms with Crippen LogP contribution < -0.4 is 4.72 Å². The second-order valence-electron chi connectivity index (χ2n) is 4.90. The molecule has 0 fully saturated rings. The van der Waals surface area contributed by atoms with E-state index in [1.807, 2.05) is 6.92 Å². The summed E-state index contributed by atoms with van der Waals surface area (Å²) in [7, 11) is 0. The van der Waals surface area contributed by atoms with E-state index in [0.717, 1.165) is 6.07 Å². The Kier molecular flexibility index (Phi) is 4.86. The van der Waals surface area contributed by atoms with Gasteiger partial charge in [0.2, 0.25) is 5.78 Å². The molecule has 24 heavy (non-hydrogen) atoms. The first-order chi connectivity index (χ1) is 11.5. The number of H-pyrrole nitrogens is 1. The number of carbonyl (C=O) groups excluding carboxylic acids is 1. The van der Waals surface area contributed by atoms with Crippen LogP contribution in [0.1, 0.15) is 22.8 Å². The lowest BCUT2D eigenvalue weighted by molar-refractivity contribution is 0.103. The van der Waals surface area contributed by atoms with Crippen LogP contribution in [0.2, 0.25) is 0 Å². The number of nitrogens with one attached hydrogen (secondary N) is 2. The molecule has 2 N–H and O–H groups in total. The average molecular weight is 412 g/mol. The third-order valence-electron chi connectivity index (χ3n) is 3.39. The monoisotopic (exact) mass is 411 g/mol. The summed E-state index contributed by atoms with van der Waals surface area (Å²) in [4.78, 5) is 19.7. The normalized spacial score (nSPS) is 11.0. The van der Waals surface area contributed by atoms with Gasteiger partial charge >= 0.3 is 0 Å². The van der Waals surface area contributed by atoms with Crippen molar-refractivity contribution in [2.24, 2.45) is 0 Å². The van der Waals surface area contributed by atoms with Crippen LogP contribution >= 0.6 is 27.9 Å². The molecular formula is C16H12BrF2N3OS. The first-order valence-electron chi connectivity index (χ1n) is 7.06. The molecule has 2 heterocycles. The fourth-order valence-corrected chi connectivity index (χ4v) is 3.08. The second-order valence-corrected chi connectivity index (χ2v) is 6.89. The van der Waals surface area contributed by atoms with Crippen LogP contribution in [0.4, 0.5) is 14.5 Å². The summed E-state index contributed by atoms with van der Waals surface area (Å²) < 4.78 is 32.2. The Morgan fingerprint density at radius 2 is 2.21 bits per heavy atom. The Labute approximate surface area is 149 Å². The zero-order valence-electron chi connectivity index (χ0n) is 12.5. The third kappa shape index (κ3) is 3.03. The fourth-order valence-electron chi connectivity index (χ4n) is 2.29. The second kappa shape index (κ2) is 6.90. The van der Waals surface area contributed by atoms with Crippen molar-refractivity contribution >= 4 is 50.4 Å². The van der Waals surface area contributed by atoms with E-state index in [1.165, 1.54) is 24.2 Å². The summed E-state index contributed by atoms with van der Waals surface area (Å²) in [5.74, 6) is -1.84. The van der Waals surface area contributed by atoms with Crippen molar-refractivity contribution in [3.8, 4) is 0 Å². The molecule has 0 saturated carbocycles. The number of hydrogen-bond acceptors (Lipinski definition) is 4. The van der Waals surface area contributed by atoms with Crippen molar-refractivity contribution in [2.45, 2.75) is 6.92 Å². The van der Waals surface area contributed by atoms with Gasteiger partial charge in [-0.3, -0.25) is 4.79 Å². The van der Waals surface area contributed by atoms with Crippen molar-refractivity contribution in [1.82, 2.24) is 9.97 Å². The minimum atomic E-state index is -0.904. The number of fused-ring (bicyclic) bond motifs is 1. The van der Waals surface area contributed by atoms with E-state index in [0.29, 0.717) is 21.3 Å². The lowest BCUT2D eigenvalue weighted by Gasteiger charge is -2.09. The molecule has 0 spiro atoms. The number of ketones is 1. The van der Waals surface area contributed by atoms with E-state index in [-0.39, 0.29) is 11.3 Å². The molecule has 0 radical (unpaired) electrons. The minimum absolute atomic E-state index is 0.0748. The predicted octanol–water partition coefficient (Wildman–Crippen LogP) is 4.91. The molecule has 0 amide bonds. The number of carbonyl (C=O) groups is 1. The summed E-state index contributed by atoms with van der Waals surface area (Å²) in [5.41, 5.74) is 0.124. The molecule has 2 aromatic heterocycles. The number of pyridine rings is 1. The van der Waals surface area contributed by atoms with Gasteiger partial charge in [-0.1, -0.05) is 18.9 Å². The molecule has 3 rings (SSSR count). The van der Waals surface area contributed by atoms with Crippen LogP contribution in [0.5, 0.6) is 0 Å². The van der Waals surface area contributed by atoms with Gasteiger partial charge in [0.05, 0.1) is 11.3 Å². The Bertz CT molecular complexity index is 929. The smallest absolute Gasteiger partial charge is 0.201 e. The molecule has 8 heteroatoms. The number of aromatic amines is 1. The molecule has 0 unspecified atom stereocenters. The van der Waals surface area contributed by atoms with Crippen molar-refractivity contribution in [1.29, 1.82) is 0 Å². The van der Waals surface area contributed by atoms with Crippen molar-refractivity contribution < 1.29 is 13.6 Å². The van der Waals surface area contributed by atoms with Gasteiger partial charge in [0.25, 0.3) is 0 Å². The number of nitrogens with zero attached hydrogens (tertiary/aromatic N) is 1. The van der Waals surface area contributed by atoms with Crippen LogP contribution in [0.25, 0.3) is 11.0 Å². The molecule has 3 aromatic rings. The van der Waals surface area contributed by atoms with E-state index < -0.39 is 23.0 Å². The van der Waals surface area contributed by atoms with Gasteiger partial charge in [0, 0.05) is 33.6 Å². The summed E-state index contributed by atoms with van der Waals surface area (Å²) in [6.45, 7) is 1.89. The number of anilines is 1. The molecule has 0 aliphatic heterocycles. The lowest BCUT2D eigenvalue weighted by Crippen LogP contribution is -2.09. The molecule has 0 aliphatic rings. The molecular weight excluding hydrogens is 400 g/mol. The van der Waals surface area contributed by atoms with Gasteiger partial charge in [0.15, 0.2) is 5.82 Å². The third-order valence-corrected chi connectivity index (χ3v) is 4.47. The van der Waals surface area contributed by atoms with Gasteiger partial charge in [-0.25, -0.2) is 13.8 Å². The zero-order chi connectivity index (χ0) is 17.3.